The molecule has 27 heavy (non-hydrogen) atoms. The molecule has 0 spiro atoms. The fourth-order valence-corrected chi connectivity index (χ4v) is 4.05. The molecule has 1 aliphatic rings. The predicted molar refractivity (Wildman–Crippen MR) is 106 cm³/mol. The van der Waals surface area contributed by atoms with Crippen LogP contribution in [0, 0.1) is 20.8 Å². The summed E-state index contributed by atoms with van der Waals surface area (Å²) in [6.45, 7) is 9.04. The van der Waals surface area contributed by atoms with Gasteiger partial charge in [0.15, 0.2) is 5.65 Å². The summed E-state index contributed by atoms with van der Waals surface area (Å²) < 4.78 is 6.96. The molecule has 0 aliphatic carbocycles. The van der Waals surface area contributed by atoms with Crippen LogP contribution >= 0.6 is 0 Å². The van der Waals surface area contributed by atoms with Gasteiger partial charge in [0.25, 0.3) is 5.56 Å². The Morgan fingerprint density at radius 2 is 2.00 bits per heavy atom. The zero-order valence-electron chi connectivity index (χ0n) is 16.4. The van der Waals surface area contributed by atoms with Crippen LogP contribution in [0.1, 0.15) is 40.4 Å². The number of aryl methyl sites for hydroxylation is 3. The van der Waals surface area contributed by atoms with Crippen LogP contribution < -0.4 is 10.3 Å². The van der Waals surface area contributed by atoms with E-state index >= 15 is 0 Å². The first-order chi connectivity index (χ1) is 12.9. The van der Waals surface area contributed by atoms with Crippen LogP contribution in [-0.2, 0) is 6.54 Å². The van der Waals surface area contributed by atoms with Crippen LogP contribution in [0.3, 0.4) is 0 Å². The van der Waals surface area contributed by atoms with Crippen molar-refractivity contribution in [1.29, 1.82) is 0 Å². The minimum absolute atomic E-state index is 0.0528. The third kappa shape index (κ3) is 3.37. The molecule has 1 aromatic carbocycles. The fourth-order valence-electron chi connectivity index (χ4n) is 4.05. The Labute approximate surface area is 158 Å². The minimum atomic E-state index is -0.0528. The summed E-state index contributed by atoms with van der Waals surface area (Å²) in [5.41, 5.74) is 6.28. The number of benzene rings is 1. The number of aromatic amines is 1. The number of nitrogens with zero attached hydrogens (tertiary/aromatic N) is 3. The molecule has 6 nitrogen and oxygen atoms in total. The lowest BCUT2D eigenvalue weighted by Crippen LogP contribution is -2.20. The molecule has 1 saturated heterocycles. The van der Waals surface area contributed by atoms with Gasteiger partial charge in [-0.15, -0.1) is 0 Å². The summed E-state index contributed by atoms with van der Waals surface area (Å²) in [4.78, 5) is 19.1. The number of fused-ring (bicyclic) bond motifs is 1. The van der Waals surface area contributed by atoms with Crippen molar-refractivity contribution in [1.82, 2.24) is 19.5 Å². The molecule has 1 N–H and O–H groups in total. The number of hydrogen-bond donors (Lipinski definition) is 1. The Morgan fingerprint density at radius 3 is 2.78 bits per heavy atom. The quantitative estimate of drug-likeness (QED) is 0.771. The summed E-state index contributed by atoms with van der Waals surface area (Å²) in [6.07, 6.45) is 1.08. The minimum Gasteiger partial charge on any atom is -0.496 e. The van der Waals surface area contributed by atoms with Crippen LogP contribution in [0.4, 0.5) is 0 Å². The topological polar surface area (TPSA) is 62.6 Å². The summed E-state index contributed by atoms with van der Waals surface area (Å²) in [5.74, 6) is 1.34. The molecule has 0 radical (unpaired) electrons. The maximum Gasteiger partial charge on any atom is 0.272 e. The average molecular weight is 366 g/mol. The molecule has 2 aromatic heterocycles. The number of hydrogen-bond acceptors (Lipinski definition) is 4. The highest BCUT2D eigenvalue weighted by Gasteiger charge is 2.26. The number of H-pyrrole nitrogens is 1. The summed E-state index contributed by atoms with van der Waals surface area (Å²) in [7, 11) is 1.72. The van der Waals surface area contributed by atoms with Crippen molar-refractivity contribution >= 4 is 5.65 Å². The number of nitrogens with one attached hydrogen (secondary N) is 1. The first kappa shape index (κ1) is 17.8. The second kappa shape index (κ2) is 6.85. The molecule has 0 bridgehead atoms. The van der Waals surface area contributed by atoms with Gasteiger partial charge < -0.3 is 4.74 Å². The van der Waals surface area contributed by atoms with Gasteiger partial charge in [0, 0.05) is 42.5 Å². The van der Waals surface area contributed by atoms with Crippen molar-refractivity contribution in [2.75, 3.05) is 20.2 Å². The molecule has 0 unspecified atom stereocenters. The number of rotatable bonds is 4. The third-order valence-electron chi connectivity index (χ3n) is 5.56. The van der Waals surface area contributed by atoms with Gasteiger partial charge in [0.2, 0.25) is 0 Å². The van der Waals surface area contributed by atoms with Crippen LogP contribution in [-0.4, -0.2) is 39.7 Å². The SMILES string of the molecule is COc1cc(C)c(CN2CC[C@H](c3cc4nc(C)cc(=O)n4[nH]3)C2)cc1C. The molecule has 3 heterocycles. The predicted octanol–water partition coefficient (Wildman–Crippen LogP) is 2.95. The van der Waals surface area contributed by atoms with E-state index in [1.54, 1.807) is 17.7 Å². The second-order valence-corrected chi connectivity index (χ2v) is 7.61. The van der Waals surface area contributed by atoms with E-state index in [1.165, 1.54) is 16.7 Å². The lowest BCUT2D eigenvalue weighted by molar-refractivity contribution is 0.325. The lowest BCUT2D eigenvalue weighted by Gasteiger charge is -2.18. The Morgan fingerprint density at radius 1 is 1.19 bits per heavy atom. The van der Waals surface area contributed by atoms with Gasteiger partial charge in [0.05, 0.1) is 7.11 Å². The molecule has 1 aliphatic heterocycles. The molecular weight excluding hydrogens is 340 g/mol. The maximum absolute atomic E-state index is 12.1. The highest BCUT2D eigenvalue weighted by atomic mass is 16.5. The van der Waals surface area contributed by atoms with Gasteiger partial charge in [0.1, 0.15) is 5.75 Å². The normalized spacial score (nSPS) is 17.7. The standard InChI is InChI=1S/C21H26N4O2/c1-13-8-19(27-4)14(2)7-17(13)12-24-6-5-16(11-24)18-10-20-22-15(3)9-21(26)25(20)23-18/h7-10,16,23H,5-6,11-12H2,1-4H3/t16-/m0/s1. The summed E-state index contributed by atoms with van der Waals surface area (Å²) in [5, 5.41) is 3.25. The van der Waals surface area contributed by atoms with Gasteiger partial charge in [-0.05, 0) is 56.5 Å². The van der Waals surface area contributed by atoms with Crippen molar-refractivity contribution < 1.29 is 4.74 Å². The molecular formula is C21H26N4O2. The molecule has 1 atom stereocenters. The van der Waals surface area contributed by atoms with E-state index in [9.17, 15) is 4.79 Å². The molecule has 0 amide bonds. The van der Waals surface area contributed by atoms with Crippen LogP contribution in [0.15, 0.2) is 29.1 Å². The van der Waals surface area contributed by atoms with E-state index in [4.69, 9.17) is 4.74 Å². The molecule has 142 valence electrons. The Kier molecular flexibility index (Phi) is 4.52. The van der Waals surface area contributed by atoms with Crippen molar-refractivity contribution in [3.8, 4) is 5.75 Å². The van der Waals surface area contributed by atoms with Gasteiger partial charge in [-0.3, -0.25) is 14.8 Å². The summed E-state index contributed by atoms with van der Waals surface area (Å²) >= 11 is 0. The number of methoxy groups -OCH3 is 1. The molecule has 0 saturated carbocycles. The smallest absolute Gasteiger partial charge is 0.272 e. The monoisotopic (exact) mass is 366 g/mol. The van der Waals surface area contributed by atoms with Gasteiger partial charge in [-0.1, -0.05) is 6.07 Å². The van der Waals surface area contributed by atoms with Gasteiger partial charge in [-0.25, -0.2) is 9.50 Å². The molecule has 1 fully saturated rings. The van der Waals surface area contributed by atoms with Gasteiger partial charge in [-0.2, -0.15) is 0 Å². The fraction of sp³-hybridized carbons (Fsp3) is 0.429. The average Bonchev–Trinajstić information content (AvgIpc) is 3.24. The largest absolute Gasteiger partial charge is 0.496 e. The Balaban J connectivity index is 1.52. The highest BCUT2D eigenvalue weighted by molar-refractivity contribution is 5.42. The second-order valence-electron chi connectivity index (χ2n) is 7.61. The third-order valence-corrected chi connectivity index (χ3v) is 5.56. The first-order valence-electron chi connectivity index (χ1n) is 9.40. The van der Waals surface area contributed by atoms with E-state index in [-0.39, 0.29) is 5.56 Å². The van der Waals surface area contributed by atoms with E-state index in [1.807, 2.05) is 13.0 Å². The van der Waals surface area contributed by atoms with Crippen LogP contribution in [0.5, 0.6) is 5.75 Å². The van der Waals surface area contributed by atoms with E-state index < -0.39 is 0 Å². The number of ether oxygens (including phenoxy) is 1. The van der Waals surface area contributed by atoms with Crippen LogP contribution in [0.25, 0.3) is 5.65 Å². The van der Waals surface area contributed by atoms with Crippen molar-refractivity contribution in [3.05, 3.63) is 62.7 Å². The van der Waals surface area contributed by atoms with E-state index in [0.29, 0.717) is 11.6 Å². The zero-order chi connectivity index (χ0) is 19.1. The Hall–Kier alpha value is -2.60. The van der Waals surface area contributed by atoms with Crippen molar-refractivity contribution in [3.63, 3.8) is 0 Å². The maximum atomic E-state index is 12.1. The van der Waals surface area contributed by atoms with Gasteiger partial charge >= 0.3 is 0 Å². The van der Waals surface area contributed by atoms with E-state index in [0.717, 1.165) is 43.2 Å². The molecule has 4 rings (SSSR count). The molecule has 6 heteroatoms. The Bertz CT molecular complexity index is 1050. The highest BCUT2D eigenvalue weighted by Crippen LogP contribution is 2.29. The van der Waals surface area contributed by atoms with Crippen LogP contribution in [0.2, 0.25) is 0 Å². The number of likely N-dealkylation sites (tertiary alicyclic amines) is 1. The molecule has 3 aromatic rings. The number of aromatic nitrogens is 3. The zero-order valence-corrected chi connectivity index (χ0v) is 16.4. The van der Waals surface area contributed by atoms with Crippen molar-refractivity contribution in [2.45, 2.75) is 39.7 Å². The first-order valence-corrected chi connectivity index (χ1v) is 9.40. The lowest BCUT2D eigenvalue weighted by atomic mass is 10.0. The summed E-state index contributed by atoms with van der Waals surface area (Å²) in [6, 6.07) is 7.93. The van der Waals surface area contributed by atoms with E-state index in [2.05, 4.69) is 41.0 Å². The van der Waals surface area contributed by atoms with Crippen molar-refractivity contribution in [2.24, 2.45) is 0 Å².